The first-order valence-corrected chi connectivity index (χ1v) is 7.85. The molecule has 0 saturated heterocycles. The first-order chi connectivity index (χ1) is 5.87. The zero-order valence-electron chi connectivity index (χ0n) is 8.85. The minimum absolute atomic E-state index is 0.440. The zero-order chi connectivity index (χ0) is 10.5. The molecular formula is C9H18O3Si. The first-order valence-electron chi connectivity index (χ1n) is 4.44. The van der Waals surface area contributed by atoms with Gasteiger partial charge in [0.15, 0.2) is 0 Å². The van der Waals surface area contributed by atoms with Gasteiger partial charge in [-0.2, -0.15) is 0 Å². The smallest absolute Gasteiger partial charge is 0.305 e. The zero-order valence-corrected chi connectivity index (χ0v) is 9.85. The number of carbonyl (C=O) groups is 1. The summed E-state index contributed by atoms with van der Waals surface area (Å²) in [6.07, 6.45) is 1.55. The average Bonchev–Trinajstić information content (AvgIpc) is 1.99. The van der Waals surface area contributed by atoms with Crippen LogP contribution in [-0.4, -0.2) is 14.3 Å². The molecule has 0 aromatic heterocycles. The number of hydrogen-bond acceptors (Lipinski definition) is 3. The van der Waals surface area contributed by atoms with Crippen LogP contribution >= 0.6 is 0 Å². The Morgan fingerprint density at radius 2 is 1.92 bits per heavy atom. The first kappa shape index (κ1) is 12.4. The van der Waals surface area contributed by atoms with E-state index in [1.807, 2.05) is 26.6 Å². The van der Waals surface area contributed by atoms with Gasteiger partial charge >= 0.3 is 5.97 Å². The fourth-order valence-corrected chi connectivity index (χ4v) is 0.951. The summed E-state index contributed by atoms with van der Waals surface area (Å²) >= 11 is 0. The molecule has 0 bridgehead atoms. The van der Waals surface area contributed by atoms with Crippen molar-refractivity contribution in [2.45, 2.75) is 39.4 Å². The van der Waals surface area contributed by atoms with Gasteiger partial charge in [-0.25, -0.2) is 9.37 Å². The van der Waals surface area contributed by atoms with Crippen LogP contribution in [0.2, 0.25) is 19.6 Å². The van der Waals surface area contributed by atoms with Crippen molar-refractivity contribution in [1.29, 1.82) is 0 Å². The van der Waals surface area contributed by atoms with E-state index in [0.717, 1.165) is 6.42 Å². The van der Waals surface area contributed by atoms with Crippen LogP contribution in [0.1, 0.15) is 19.8 Å². The van der Waals surface area contributed by atoms with E-state index < -0.39 is 14.3 Å². The molecule has 0 aromatic carbocycles. The van der Waals surface area contributed by atoms with E-state index in [1.54, 1.807) is 0 Å². The van der Waals surface area contributed by atoms with Gasteiger partial charge in [0, 0.05) is 5.57 Å². The normalized spacial score (nSPS) is 11.1. The lowest BCUT2D eigenvalue weighted by atomic mass is 10.2. The third-order valence-corrected chi connectivity index (χ3v) is 1.79. The molecule has 0 aliphatic carbocycles. The topological polar surface area (TPSA) is 35.5 Å². The highest BCUT2D eigenvalue weighted by Crippen LogP contribution is 2.08. The lowest BCUT2D eigenvalue weighted by Crippen LogP contribution is -2.27. The fourth-order valence-electron chi connectivity index (χ4n) is 0.626. The van der Waals surface area contributed by atoms with Gasteiger partial charge in [0.1, 0.15) is 0 Å². The molecule has 0 aromatic rings. The van der Waals surface area contributed by atoms with E-state index in [0.29, 0.717) is 12.0 Å². The molecule has 0 spiro atoms. The Labute approximate surface area is 80.8 Å². The van der Waals surface area contributed by atoms with E-state index in [4.69, 9.17) is 4.58 Å². The number of carbonyl (C=O) groups excluding carboxylic acids is 1. The highest BCUT2D eigenvalue weighted by Gasteiger charge is 2.19. The Bertz CT molecular complexity index is 194. The van der Waals surface area contributed by atoms with Gasteiger partial charge < -0.3 is 4.89 Å². The van der Waals surface area contributed by atoms with E-state index in [-0.39, 0.29) is 0 Å². The SMILES string of the molecule is C=C(CCC)C(=O)OO[Si](C)(C)C. The van der Waals surface area contributed by atoms with Crippen LogP contribution in [0, 0.1) is 0 Å². The molecule has 76 valence electrons. The predicted octanol–water partition coefficient (Wildman–Crippen LogP) is 2.65. The predicted molar refractivity (Wildman–Crippen MR) is 54.6 cm³/mol. The second-order valence-electron chi connectivity index (χ2n) is 3.92. The maximum Gasteiger partial charge on any atom is 0.367 e. The molecule has 13 heavy (non-hydrogen) atoms. The number of rotatable bonds is 5. The summed E-state index contributed by atoms with van der Waals surface area (Å²) in [4.78, 5) is 15.8. The third-order valence-electron chi connectivity index (χ3n) is 1.21. The Hall–Kier alpha value is -0.613. The molecule has 0 amide bonds. The molecule has 0 heterocycles. The van der Waals surface area contributed by atoms with Gasteiger partial charge in [0.2, 0.25) is 8.32 Å². The Kier molecular flexibility index (Phi) is 4.94. The average molecular weight is 202 g/mol. The fraction of sp³-hybridized carbons (Fsp3) is 0.667. The van der Waals surface area contributed by atoms with Crippen molar-refractivity contribution in [2.24, 2.45) is 0 Å². The highest BCUT2D eigenvalue weighted by atomic mass is 28.4. The van der Waals surface area contributed by atoms with Crippen LogP contribution in [0.25, 0.3) is 0 Å². The summed E-state index contributed by atoms with van der Waals surface area (Å²) in [6.45, 7) is 11.4. The molecule has 0 N–H and O–H groups in total. The largest absolute Gasteiger partial charge is 0.367 e. The van der Waals surface area contributed by atoms with Crippen molar-refractivity contribution in [3.05, 3.63) is 12.2 Å². The van der Waals surface area contributed by atoms with Gasteiger partial charge in [-0.1, -0.05) is 19.9 Å². The van der Waals surface area contributed by atoms with Crippen LogP contribution in [0.4, 0.5) is 0 Å². The minimum Gasteiger partial charge on any atom is -0.305 e. The summed E-state index contributed by atoms with van der Waals surface area (Å²) in [5.41, 5.74) is 0.473. The van der Waals surface area contributed by atoms with Crippen molar-refractivity contribution in [3.8, 4) is 0 Å². The molecule has 0 unspecified atom stereocenters. The molecule has 0 radical (unpaired) electrons. The lowest BCUT2D eigenvalue weighted by Gasteiger charge is -2.14. The van der Waals surface area contributed by atoms with Crippen LogP contribution in [0.15, 0.2) is 12.2 Å². The molecule has 0 atom stereocenters. The monoisotopic (exact) mass is 202 g/mol. The van der Waals surface area contributed by atoms with Gasteiger partial charge in [-0.15, -0.1) is 0 Å². The standard InChI is InChI=1S/C9H18O3Si/c1-6-7-8(2)9(10)11-12-13(3,4)5/h2,6-7H2,1,3-5H3. The Balaban J connectivity index is 3.82. The summed E-state index contributed by atoms with van der Waals surface area (Å²) < 4.78 is 4.99. The van der Waals surface area contributed by atoms with Crippen LogP contribution < -0.4 is 0 Å². The summed E-state index contributed by atoms with van der Waals surface area (Å²) in [5.74, 6) is -0.440. The molecule has 3 nitrogen and oxygen atoms in total. The van der Waals surface area contributed by atoms with Gasteiger partial charge in [-0.05, 0) is 26.1 Å². The van der Waals surface area contributed by atoms with Crippen LogP contribution in [0.3, 0.4) is 0 Å². The van der Waals surface area contributed by atoms with Crippen molar-refractivity contribution >= 4 is 14.3 Å². The van der Waals surface area contributed by atoms with E-state index in [2.05, 4.69) is 11.5 Å². The van der Waals surface area contributed by atoms with Crippen LogP contribution in [-0.2, 0) is 14.3 Å². The summed E-state index contributed by atoms with van der Waals surface area (Å²) in [7, 11) is -1.77. The molecule has 0 fully saturated rings. The lowest BCUT2D eigenvalue weighted by molar-refractivity contribution is -0.214. The Morgan fingerprint density at radius 3 is 2.31 bits per heavy atom. The van der Waals surface area contributed by atoms with E-state index in [1.165, 1.54) is 0 Å². The molecule has 0 aliphatic rings. The Morgan fingerprint density at radius 1 is 1.38 bits per heavy atom. The second kappa shape index (κ2) is 5.19. The number of hydrogen-bond donors (Lipinski definition) is 0. The second-order valence-corrected chi connectivity index (χ2v) is 8.31. The molecule has 4 heteroatoms. The van der Waals surface area contributed by atoms with Crippen molar-refractivity contribution in [2.75, 3.05) is 0 Å². The molecule has 0 aliphatic heterocycles. The molecule has 0 rings (SSSR count). The van der Waals surface area contributed by atoms with Gasteiger partial charge in [-0.3, -0.25) is 0 Å². The van der Waals surface area contributed by atoms with Crippen molar-refractivity contribution in [3.63, 3.8) is 0 Å². The minimum atomic E-state index is -1.77. The van der Waals surface area contributed by atoms with Gasteiger partial charge in [0.25, 0.3) is 0 Å². The van der Waals surface area contributed by atoms with Gasteiger partial charge in [0.05, 0.1) is 0 Å². The molecule has 0 saturated carbocycles. The quantitative estimate of drug-likeness (QED) is 0.297. The highest BCUT2D eigenvalue weighted by molar-refractivity contribution is 6.69. The molecular weight excluding hydrogens is 184 g/mol. The summed E-state index contributed by atoms with van der Waals surface area (Å²) in [6, 6.07) is 0. The van der Waals surface area contributed by atoms with Crippen molar-refractivity contribution in [1.82, 2.24) is 0 Å². The third kappa shape index (κ3) is 6.54. The van der Waals surface area contributed by atoms with Crippen LogP contribution in [0.5, 0.6) is 0 Å². The van der Waals surface area contributed by atoms with Crippen molar-refractivity contribution < 1.29 is 14.3 Å². The summed E-state index contributed by atoms with van der Waals surface area (Å²) in [5, 5.41) is 0. The van der Waals surface area contributed by atoms with E-state index >= 15 is 0 Å². The maximum atomic E-state index is 11.2. The van der Waals surface area contributed by atoms with E-state index in [9.17, 15) is 4.79 Å². The maximum absolute atomic E-state index is 11.2.